The Morgan fingerprint density at radius 3 is 2.71 bits per heavy atom. The van der Waals surface area contributed by atoms with Crippen LogP contribution in [0.4, 0.5) is 0 Å². The molecule has 130 valence electrons. The number of rotatable bonds is 1. The van der Waals surface area contributed by atoms with Crippen molar-refractivity contribution in [2.45, 2.75) is 38.5 Å². The van der Waals surface area contributed by atoms with Crippen molar-refractivity contribution in [2.24, 2.45) is 0 Å². The molecule has 2 aliphatic rings. The lowest BCUT2D eigenvalue weighted by Crippen LogP contribution is -2.41. The van der Waals surface area contributed by atoms with E-state index in [0.717, 1.165) is 42.0 Å². The number of fused-ring (bicyclic) bond motifs is 3. The van der Waals surface area contributed by atoms with Gasteiger partial charge in [-0.1, -0.05) is 18.2 Å². The first-order valence-corrected chi connectivity index (χ1v) is 8.23. The number of H-pyrrole nitrogens is 1. The monoisotopic (exact) mass is 332 g/mol. The predicted octanol–water partition coefficient (Wildman–Crippen LogP) is 2.08. The van der Waals surface area contributed by atoms with E-state index in [9.17, 15) is 4.79 Å². The smallest absolute Gasteiger partial charge is 0.321 e. The number of para-hydroxylation sites is 1. The molecule has 0 aliphatic carbocycles. The summed E-state index contributed by atoms with van der Waals surface area (Å²) in [5, 5.41) is 13.1. The third-order valence-electron chi connectivity index (χ3n) is 4.30. The highest BCUT2D eigenvalue weighted by atomic mass is 16.6. The van der Waals surface area contributed by atoms with E-state index in [4.69, 9.17) is 14.6 Å². The van der Waals surface area contributed by atoms with Gasteiger partial charge in [0.05, 0.1) is 25.4 Å². The molecular formula is C18H24N2O4. The summed E-state index contributed by atoms with van der Waals surface area (Å²) in [6.45, 7) is 6.89. The van der Waals surface area contributed by atoms with Crippen LogP contribution in [0.2, 0.25) is 0 Å². The zero-order valence-corrected chi connectivity index (χ0v) is 14.1. The fourth-order valence-electron chi connectivity index (χ4n) is 3.05. The molecule has 1 unspecified atom stereocenters. The second-order valence-corrected chi connectivity index (χ2v) is 6.76. The van der Waals surface area contributed by atoms with Gasteiger partial charge >= 0.3 is 5.97 Å². The third-order valence-corrected chi connectivity index (χ3v) is 4.30. The average Bonchev–Trinajstić information content (AvgIpc) is 2.93. The van der Waals surface area contributed by atoms with Gasteiger partial charge in [-0.05, 0) is 25.5 Å². The van der Waals surface area contributed by atoms with Gasteiger partial charge in [-0.15, -0.1) is 0 Å². The Morgan fingerprint density at radius 2 is 2.08 bits per heavy atom. The van der Waals surface area contributed by atoms with Crippen molar-refractivity contribution in [2.75, 3.05) is 19.8 Å². The van der Waals surface area contributed by atoms with Gasteiger partial charge in [-0.25, -0.2) is 0 Å². The summed E-state index contributed by atoms with van der Waals surface area (Å²) < 4.78 is 10.5. The minimum Gasteiger partial charge on any atom is -0.480 e. The van der Waals surface area contributed by atoms with E-state index >= 15 is 0 Å². The minimum atomic E-state index is -0.782. The minimum absolute atomic E-state index is 0.0434. The SMILES string of the molecule is CC1(C)COCCO1.O=C(O)C1Cc2c([nH]c3ccccc23)CN1. The number of hydrogen-bond donors (Lipinski definition) is 3. The van der Waals surface area contributed by atoms with Crippen LogP contribution in [-0.2, 0) is 27.2 Å². The molecule has 0 spiro atoms. The highest BCUT2D eigenvalue weighted by molar-refractivity contribution is 5.86. The van der Waals surface area contributed by atoms with Crippen LogP contribution in [-0.4, -0.2) is 47.5 Å². The Kier molecular flexibility index (Phi) is 4.89. The van der Waals surface area contributed by atoms with Gasteiger partial charge in [0.2, 0.25) is 0 Å². The standard InChI is InChI=1S/C12H12N2O2.C6H12O2/c15-12(16)10-5-8-7-3-1-2-4-9(7)14-11(8)6-13-10;1-6(2)5-7-3-4-8-6/h1-4,10,13-14H,5-6H2,(H,15,16);3-5H2,1-2H3. The van der Waals surface area contributed by atoms with Gasteiger partial charge in [0.1, 0.15) is 6.04 Å². The molecule has 3 N–H and O–H groups in total. The lowest BCUT2D eigenvalue weighted by atomic mass is 9.99. The topological polar surface area (TPSA) is 83.6 Å². The van der Waals surface area contributed by atoms with Crippen molar-refractivity contribution >= 4 is 16.9 Å². The van der Waals surface area contributed by atoms with Crippen molar-refractivity contribution in [1.82, 2.24) is 10.3 Å². The van der Waals surface area contributed by atoms with Crippen LogP contribution in [0.25, 0.3) is 10.9 Å². The Bertz CT molecular complexity index is 715. The second kappa shape index (κ2) is 6.93. The molecule has 2 aromatic rings. The van der Waals surface area contributed by atoms with Gasteiger partial charge in [-0.2, -0.15) is 0 Å². The predicted molar refractivity (Wildman–Crippen MR) is 91.1 cm³/mol. The maximum absolute atomic E-state index is 10.9. The number of nitrogens with one attached hydrogen (secondary N) is 2. The van der Waals surface area contributed by atoms with Crippen molar-refractivity contribution in [1.29, 1.82) is 0 Å². The van der Waals surface area contributed by atoms with Gasteiger partial charge < -0.3 is 19.6 Å². The largest absolute Gasteiger partial charge is 0.480 e. The molecule has 3 heterocycles. The highest BCUT2D eigenvalue weighted by Gasteiger charge is 2.26. The van der Waals surface area contributed by atoms with E-state index in [0.29, 0.717) is 13.0 Å². The number of carboxylic acids is 1. The highest BCUT2D eigenvalue weighted by Crippen LogP contribution is 2.26. The maximum Gasteiger partial charge on any atom is 0.321 e. The summed E-state index contributed by atoms with van der Waals surface area (Å²) in [5.74, 6) is -0.782. The fraction of sp³-hybridized carbons (Fsp3) is 0.500. The van der Waals surface area contributed by atoms with E-state index in [-0.39, 0.29) is 5.60 Å². The average molecular weight is 332 g/mol. The van der Waals surface area contributed by atoms with Crippen LogP contribution >= 0.6 is 0 Å². The summed E-state index contributed by atoms with van der Waals surface area (Å²) in [6.07, 6.45) is 0.550. The van der Waals surface area contributed by atoms with E-state index in [2.05, 4.69) is 10.3 Å². The van der Waals surface area contributed by atoms with Crippen LogP contribution in [0.15, 0.2) is 24.3 Å². The molecular weight excluding hydrogens is 308 g/mol. The summed E-state index contributed by atoms with van der Waals surface area (Å²) in [7, 11) is 0. The Morgan fingerprint density at radius 1 is 1.29 bits per heavy atom. The van der Waals surface area contributed by atoms with E-state index in [1.807, 2.05) is 38.1 Å². The van der Waals surface area contributed by atoms with E-state index in [1.165, 1.54) is 0 Å². The van der Waals surface area contributed by atoms with Crippen molar-refractivity contribution < 1.29 is 19.4 Å². The molecule has 1 fully saturated rings. The van der Waals surface area contributed by atoms with E-state index in [1.54, 1.807) is 0 Å². The zero-order chi connectivity index (χ0) is 17.2. The molecule has 1 aromatic carbocycles. The molecule has 0 bridgehead atoms. The van der Waals surface area contributed by atoms with Crippen LogP contribution in [0.1, 0.15) is 25.1 Å². The summed E-state index contributed by atoms with van der Waals surface area (Å²) in [6, 6.07) is 7.55. The maximum atomic E-state index is 10.9. The fourth-order valence-corrected chi connectivity index (χ4v) is 3.05. The van der Waals surface area contributed by atoms with Crippen molar-refractivity contribution in [3.05, 3.63) is 35.5 Å². The summed E-state index contributed by atoms with van der Waals surface area (Å²) >= 11 is 0. The number of carboxylic acid groups (broad SMARTS) is 1. The molecule has 1 aromatic heterocycles. The van der Waals surface area contributed by atoms with Gasteiger partial charge in [0.25, 0.3) is 0 Å². The molecule has 4 rings (SSSR count). The quantitative estimate of drug-likeness (QED) is 0.745. The van der Waals surface area contributed by atoms with E-state index < -0.39 is 12.0 Å². The van der Waals surface area contributed by atoms with Crippen molar-refractivity contribution in [3.63, 3.8) is 0 Å². The number of ether oxygens (including phenoxy) is 2. The summed E-state index contributed by atoms with van der Waals surface area (Å²) in [5.41, 5.74) is 3.29. The Balaban J connectivity index is 0.000000179. The van der Waals surface area contributed by atoms with Crippen LogP contribution in [0, 0.1) is 0 Å². The summed E-state index contributed by atoms with van der Waals surface area (Å²) in [4.78, 5) is 14.3. The first kappa shape index (κ1) is 17.0. The zero-order valence-electron chi connectivity index (χ0n) is 14.1. The second-order valence-electron chi connectivity index (χ2n) is 6.76. The normalized spacial score (nSPS) is 22.3. The molecule has 0 radical (unpaired) electrons. The van der Waals surface area contributed by atoms with Crippen LogP contribution in [0.5, 0.6) is 0 Å². The van der Waals surface area contributed by atoms with Crippen LogP contribution < -0.4 is 5.32 Å². The van der Waals surface area contributed by atoms with Gasteiger partial charge in [0.15, 0.2) is 0 Å². The lowest BCUT2D eigenvalue weighted by molar-refractivity contribution is -0.139. The van der Waals surface area contributed by atoms with Gasteiger partial charge in [-0.3, -0.25) is 10.1 Å². The molecule has 2 aliphatic heterocycles. The lowest BCUT2D eigenvalue weighted by Gasteiger charge is -2.29. The number of aromatic nitrogens is 1. The number of hydrogen-bond acceptors (Lipinski definition) is 4. The van der Waals surface area contributed by atoms with Crippen LogP contribution in [0.3, 0.4) is 0 Å². The third kappa shape index (κ3) is 3.77. The van der Waals surface area contributed by atoms with Crippen molar-refractivity contribution in [3.8, 4) is 0 Å². The Hall–Kier alpha value is -1.89. The molecule has 6 nitrogen and oxygen atoms in total. The first-order valence-electron chi connectivity index (χ1n) is 8.23. The number of aliphatic carboxylic acids is 1. The molecule has 0 amide bonds. The first-order chi connectivity index (χ1) is 11.5. The number of benzene rings is 1. The number of carbonyl (C=O) groups is 1. The molecule has 0 saturated carbocycles. The molecule has 1 saturated heterocycles. The molecule has 1 atom stereocenters. The molecule has 6 heteroatoms. The molecule has 24 heavy (non-hydrogen) atoms. The Labute approximate surface area is 141 Å². The number of aromatic amines is 1. The van der Waals surface area contributed by atoms with Gasteiger partial charge in [0, 0.05) is 29.6 Å².